The van der Waals surface area contributed by atoms with Crippen LogP contribution in [-0.4, -0.2) is 22.0 Å². The third-order valence-electron chi connectivity index (χ3n) is 1.67. The summed E-state index contributed by atoms with van der Waals surface area (Å²) in [5, 5.41) is 0. The molecule has 0 aromatic rings. The molecule has 0 saturated heterocycles. The van der Waals surface area contributed by atoms with E-state index in [1.54, 1.807) is 0 Å². The largest absolute Gasteiger partial charge is 0.382 e. The minimum Gasteiger partial charge on any atom is -0.382 e. The van der Waals surface area contributed by atoms with Crippen molar-refractivity contribution in [1.29, 1.82) is 0 Å². The van der Waals surface area contributed by atoms with Crippen LogP contribution in [0.15, 0.2) is 25.3 Å². The minimum atomic E-state index is -0.280. The summed E-state index contributed by atoms with van der Waals surface area (Å²) in [6, 6.07) is 3.56. The number of hydrogen-bond acceptors (Lipinski definition) is 1. The zero-order valence-electron chi connectivity index (χ0n) is 8.01. The van der Waals surface area contributed by atoms with Crippen molar-refractivity contribution in [2.45, 2.75) is 25.1 Å². The lowest BCUT2D eigenvalue weighted by atomic mass is 10.7. The van der Waals surface area contributed by atoms with Crippen LogP contribution < -0.4 is 0 Å². The lowest BCUT2D eigenvalue weighted by Gasteiger charge is -2.09. The molecule has 0 aromatic heterocycles. The summed E-state index contributed by atoms with van der Waals surface area (Å²) in [7, 11) is -0.280. The van der Waals surface area contributed by atoms with Crippen LogP contribution in [0.25, 0.3) is 0 Å². The quantitative estimate of drug-likeness (QED) is 0.319. The molecule has 0 aromatic carbocycles. The second kappa shape index (κ2) is 8.75. The van der Waals surface area contributed by atoms with Gasteiger partial charge in [-0.3, -0.25) is 0 Å². The van der Waals surface area contributed by atoms with Gasteiger partial charge < -0.3 is 4.74 Å². The van der Waals surface area contributed by atoms with Gasteiger partial charge in [-0.15, -0.1) is 13.2 Å². The molecule has 0 aliphatic heterocycles. The fourth-order valence-electron chi connectivity index (χ4n) is 1.06. The lowest BCUT2D eigenvalue weighted by Crippen LogP contribution is -2.12. The average Bonchev–Trinajstić information content (AvgIpc) is 2.06. The van der Waals surface area contributed by atoms with Crippen molar-refractivity contribution in [1.82, 2.24) is 0 Å². The van der Waals surface area contributed by atoms with Crippen molar-refractivity contribution >= 4 is 8.80 Å². The van der Waals surface area contributed by atoms with E-state index in [2.05, 4.69) is 13.2 Å². The van der Waals surface area contributed by atoms with Crippen molar-refractivity contribution in [2.24, 2.45) is 0 Å². The van der Waals surface area contributed by atoms with Gasteiger partial charge in [0.05, 0.1) is 8.80 Å². The molecule has 1 nitrogen and oxygen atoms in total. The highest BCUT2D eigenvalue weighted by atomic mass is 28.3. The summed E-state index contributed by atoms with van der Waals surface area (Å²) >= 11 is 0. The molecule has 0 amide bonds. The Labute approximate surface area is 77.7 Å². The lowest BCUT2D eigenvalue weighted by molar-refractivity contribution is 0.161. The van der Waals surface area contributed by atoms with Crippen LogP contribution in [0, 0.1) is 0 Å². The molecule has 0 atom stereocenters. The van der Waals surface area contributed by atoms with Gasteiger partial charge in [0.1, 0.15) is 0 Å². The molecular weight excluding hydrogens is 164 g/mol. The fourth-order valence-corrected chi connectivity index (χ4v) is 2.88. The van der Waals surface area contributed by atoms with Crippen molar-refractivity contribution < 1.29 is 4.74 Å². The Morgan fingerprint density at radius 2 is 1.83 bits per heavy atom. The molecule has 0 saturated carbocycles. The number of ether oxygens (including phenoxy) is 1. The maximum atomic E-state index is 5.31. The molecule has 69 valence electrons. The van der Waals surface area contributed by atoms with Crippen molar-refractivity contribution in [3.05, 3.63) is 25.3 Å². The summed E-state index contributed by atoms with van der Waals surface area (Å²) in [4.78, 5) is 0. The molecule has 0 rings (SSSR count). The molecular formula is C10H19OSi. The second-order valence-corrected chi connectivity index (χ2v) is 5.50. The zero-order valence-corrected chi connectivity index (χ0v) is 9.01. The maximum absolute atomic E-state index is 5.31. The number of hydrogen-bond donors (Lipinski definition) is 0. The predicted octanol–water partition coefficient (Wildman–Crippen LogP) is 2.89. The van der Waals surface area contributed by atoms with Gasteiger partial charge in [-0.05, 0) is 25.1 Å². The summed E-state index contributed by atoms with van der Waals surface area (Å²) in [5.74, 6) is 0. The predicted molar refractivity (Wildman–Crippen MR) is 57.1 cm³/mol. The third kappa shape index (κ3) is 6.37. The van der Waals surface area contributed by atoms with Crippen molar-refractivity contribution in [2.75, 3.05) is 13.2 Å². The van der Waals surface area contributed by atoms with E-state index in [9.17, 15) is 0 Å². The molecule has 0 bridgehead atoms. The summed E-state index contributed by atoms with van der Waals surface area (Å²) in [6.07, 6.45) is 4.04. The molecule has 0 heterocycles. The van der Waals surface area contributed by atoms with Gasteiger partial charge in [-0.25, -0.2) is 0 Å². The topological polar surface area (TPSA) is 9.23 Å². The molecule has 0 unspecified atom stereocenters. The van der Waals surface area contributed by atoms with Gasteiger partial charge in [0.25, 0.3) is 0 Å². The van der Waals surface area contributed by atoms with E-state index >= 15 is 0 Å². The van der Waals surface area contributed by atoms with E-state index in [0.717, 1.165) is 13.2 Å². The van der Waals surface area contributed by atoms with Crippen molar-refractivity contribution in [3.8, 4) is 0 Å². The summed E-state index contributed by atoms with van der Waals surface area (Å²) in [6.45, 7) is 11.3. The Morgan fingerprint density at radius 3 is 2.25 bits per heavy atom. The van der Waals surface area contributed by atoms with Crippen LogP contribution in [0.3, 0.4) is 0 Å². The SMILES string of the molecule is C=CC[Si](CC=C)CCOCC. The highest BCUT2D eigenvalue weighted by Crippen LogP contribution is 2.06. The van der Waals surface area contributed by atoms with E-state index in [0.29, 0.717) is 0 Å². The Morgan fingerprint density at radius 1 is 1.25 bits per heavy atom. The monoisotopic (exact) mass is 183 g/mol. The third-order valence-corrected chi connectivity index (χ3v) is 4.31. The van der Waals surface area contributed by atoms with E-state index in [4.69, 9.17) is 4.74 Å². The van der Waals surface area contributed by atoms with Gasteiger partial charge in [0, 0.05) is 13.2 Å². The molecule has 0 fully saturated rings. The molecule has 12 heavy (non-hydrogen) atoms. The number of rotatable bonds is 8. The van der Waals surface area contributed by atoms with Gasteiger partial charge in [-0.2, -0.15) is 0 Å². The van der Waals surface area contributed by atoms with Crippen LogP contribution in [-0.2, 0) is 4.74 Å². The number of allylic oxidation sites excluding steroid dienone is 2. The van der Waals surface area contributed by atoms with Crippen LogP contribution in [0.2, 0.25) is 18.1 Å². The van der Waals surface area contributed by atoms with Gasteiger partial charge in [-0.1, -0.05) is 12.2 Å². The first-order chi connectivity index (χ1) is 5.85. The smallest absolute Gasteiger partial charge is 0.0581 e. The first-order valence-electron chi connectivity index (χ1n) is 4.48. The Bertz CT molecular complexity index is 113. The minimum absolute atomic E-state index is 0.280. The Balaban J connectivity index is 3.47. The fraction of sp³-hybridized carbons (Fsp3) is 0.600. The molecule has 2 heteroatoms. The Hall–Kier alpha value is -0.343. The standard InChI is InChI=1S/C10H19OSi/c1-4-8-12(9-5-2)10-7-11-6-3/h4-5H,1-2,6-10H2,3H3. The van der Waals surface area contributed by atoms with Crippen LogP contribution in [0.4, 0.5) is 0 Å². The van der Waals surface area contributed by atoms with Gasteiger partial charge in [0.2, 0.25) is 0 Å². The molecule has 1 radical (unpaired) electrons. The molecule has 0 aliphatic rings. The maximum Gasteiger partial charge on any atom is 0.0581 e. The van der Waals surface area contributed by atoms with Crippen LogP contribution in [0.5, 0.6) is 0 Å². The van der Waals surface area contributed by atoms with Gasteiger partial charge >= 0.3 is 0 Å². The van der Waals surface area contributed by atoms with E-state index < -0.39 is 0 Å². The second-order valence-electron chi connectivity index (χ2n) is 2.68. The highest BCUT2D eigenvalue weighted by molar-refractivity contribution is 6.59. The molecule has 0 N–H and O–H groups in total. The highest BCUT2D eigenvalue weighted by Gasteiger charge is 2.06. The summed E-state index contributed by atoms with van der Waals surface area (Å²) in [5.41, 5.74) is 0. The van der Waals surface area contributed by atoms with Gasteiger partial charge in [0.15, 0.2) is 0 Å². The first kappa shape index (κ1) is 11.7. The molecule has 0 spiro atoms. The normalized spacial score (nSPS) is 10.2. The van der Waals surface area contributed by atoms with Crippen LogP contribution in [0.1, 0.15) is 6.92 Å². The zero-order chi connectivity index (χ0) is 9.23. The van der Waals surface area contributed by atoms with E-state index in [1.165, 1.54) is 18.1 Å². The Kier molecular flexibility index (Phi) is 8.50. The average molecular weight is 183 g/mol. The first-order valence-corrected chi connectivity index (χ1v) is 6.60. The molecule has 0 aliphatic carbocycles. The van der Waals surface area contributed by atoms with Crippen LogP contribution >= 0.6 is 0 Å². The van der Waals surface area contributed by atoms with E-state index in [1.807, 2.05) is 19.1 Å². The summed E-state index contributed by atoms with van der Waals surface area (Å²) < 4.78 is 5.31. The van der Waals surface area contributed by atoms with E-state index in [-0.39, 0.29) is 8.80 Å². The van der Waals surface area contributed by atoms with Crippen molar-refractivity contribution in [3.63, 3.8) is 0 Å².